The quantitative estimate of drug-likeness (QED) is 0.851. The number of hydrogen-bond acceptors (Lipinski definition) is 4. The summed E-state index contributed by atoms with van der Waals surface area (Å²) in [6.07, 6.45) is 1.73. The molecule has 2 rings (SSSR count). The van der Waals surface area contributed by atoms with Gasteiger partial charge in [0.15, 0.2) is 0 Å². The van der Waals surface area contributed by atoms with Crippen molar-refractivity contribution in [1.82, 2.24) is 0 Å². The summed E-state index contributed by atoms with van der Waals surface area (Å²) in [5.41, 5.74) is 7.02. The average molecular weight is 291 g/mol. The number of rotatable bonds is 7. The van der Waals surface area contributed by atoms with Gasteiger partial charge in [0.2, 0.25) is 0 Å². The zero-order valence-corrected chi connectivity index (χ0v) is 12.8. The first-order valence-electron chi connectivity index (χ1n) is 6.76. The molecule has 0 radical (unpaired) electrons. The van der Waals surface area contributed by atoms with Gasteiger partial charge in [-0.3, -0.25) is 0 Å². The summed E-state index contributed by atoms with van der Waals surface area (Å²) < 4.78 is 11.2. The number of benzene rings is 1. The molecule has 0 bridgehead atoms. The molecule has 108 valence electrons. The second-order valence-corrected chi connectivity index (χ2v) is 5.87. The smallest absolute Gasteiger partial charge is 0.126 e. The molecule has 0 saturated heterocycles. The van der Waals surface area contributed by atoms with Crippen molar-refractivity contribution in [2.24, 2.45) is 5.73 Å². The highest BCUT2D eigenvalue weighted by Crippen LogP contribution is 2.26. The Labute approximate surface area is 124 Å². The van der Waals surface area contributed by atoms with Crippen LogP contribution in [0.25, 0.3) is 0 Å². The normalized spacial score (nSPS) is 12.2. The first-order valence-corrected chi connectivity index (χ1v) is 7.64. The van der Waals surface area contributed by atoms with E-state index in [0.717, 1.165) is 29.9 Å². The molecule has 0 spiro atoms. The molecule has 0 aliphatic heterocycles. The molecule has 2 aromatic rings. The maximum atomic E-state index is 5.92. The molecule has 0 aliphatic rings. The minimum Gasteiger partial charge on any atom is -0.497 e. The lowest BCUT2D eigenvalue weighted by Crippen LogP contribution is -2.18. The van der Waals surface area contributed by atoms with E-state index in [9.17, 15) is 0 Å². The summed E-state index contributed by atoms with van der Waals surface area (Å²) >= 11 is 1.76. The number of ether oxygens (including phenoxy) is 2. The molecule has 1 atom stereocenters. The van der Waals surface area contributed by atoms with Crippen molar-refractivity contribution >= 4 is 11.3 Å². The molecule has 0 saturated carbocycles. The van der Waals surface area contributed by atoms with Crippen LogP contribution in [0.5, 0.6) is 11.5 Å². The molecular formula is C16H21NO2S. The van der Waals surface area contributed by atoms with Gasteiger partial charge in [0, 0.05) is 23.4 Å². The van der Waals surface area contributed by atoms with E-state index >= 15 is 0 Å². The van der Waals surface area contributed by atoms with Crippen molar-refractivity contribution < 1.29 is 9.47 Å². The van der Waals surface area contributed by atoms with Crippen molar-refractivity contribution in [1.29, 1.82) is 0 Å². The van der Waals surface area contributed by atoms with Crippen molar-refractivity contribution in [3.05, 3.63) is 46.2 Å². The maximum Gasteiger partial charge on any atom is 0.126 e. The van der Waals surface area contributed by atoms with Crippen molar-refractivity contribution in [2.75, 3.05) is 13.7 Å². The Morgan fingerprint density at radius 3 is 2.80 bits per heavy atom. The van der Waals surface area contributed by atoms with E-state index < -0.39 is 0 Å². The zero-order valence-electron chi connectivity index (χ0n) is 12.0. The van der Waals surface area contributed by atoms with Crippen LogP contribution < -0.4 is 15.2 Å². The summed E-state index contributed by atoms with van der Waals surface area (Å²) in [5, 5.41) is 2.09. The van der Waals surface area contributed by atoms with Crippen LogP contribution in [-0.2, 0) is 12.8 Å². The Bertz CT molecular complexity index is 523. The number of methoxy groups -OCH3 is 1. The highest BCUT2D eigenvalue weighted by molar-refractivity contribution is 7.09. The topological polar surface area (TPSA) is 44.5 Å². The third kappa shape index (κ3) is 4.25. The van der Waals surface area contributed by atoms with E-state index in [4.69, 9.17) is 15.2 Å². The van der Waals surface area contributed by atoms with E-state index in [1.165, 1.54) is 4.88 Å². The van der Waals surface area contributed by atoms with Gasteiger partial charge in [0.1, 0.15) is 11.5 Å². The molecule has 1 aromatic carbocycles. The zero-order chi connectivity index (χ0) is 14.4. The van der Waals surface area contributed by atoms with Crippen LogP contribution in [0.3, 0.4) is 0 Å². The van der Waals surface area contributed by atoms with Crippen LogP contribution in [0.15, 0.2) is 35.7 Å². The van der Waals surface area contributed by atoms with Crippen LogP contribution in [0.4, 0.5) is 0 Å². The third-order valence-corrected chi connectivity index (χ3v) is 3.94. The summed E-state index contributed by atoms with van der Waals surface area (Å²) in [6.45, 7) is 2.67. The van der Waals surface area contributed by atoms with E-state index in [1.807, 2.05) is 25.1 Å². The van der Waals surface area contributed by atoms with Gasteiger partial charge in [0.25, 0.3) is 0 Å². The number of nitrogens with two attached hydrogens (primary N) is 1. The van der Waals surface area contributed by atoms with Gasteiger partial charge in [-0.05, 0) is 36.4 Å². The second-order valence-electron chi connectivity index (χ2n) is 4.83. The molecule has 1 heterocycles. The Morgan fingerprint density at radius 2 is 2.15 bits per heavy atom. The van der Waals surface area contributed by atoms with Crippen molar-refractivity contribution in [3.8, 4) is 11.5 Å². The SMILES string of the molecule is COc1ccc(CC(C)N)c(OCCc2cccs2)c1. The predicted octanol–water partition coefficient (Wildman–Crippen LogP) is 3.27. The Balaban J connectivity index is 2.02. The molecular weight excluding hydrogens is 270 g/mol. The predicted molar refractivity (Wildman–Crippen MR) is 83.9 cm³/mol. The molecule has 3 nitrogen and oxygen atoms in total. The summed E-state index contributed by atoms with van der Waals surface area (Å²) in [7, 11) is 1.66. The maximum absolute atomic E-state index is 5.92. The fraction of sp³-hybridized carbons (Fsp3) is 0.375. The lowest BCUT2D eigenvalue weighted by molar-refractivity contribution is 0.316. The molecule has 1 aromatic heterocycles. The molecule has 0 amide bonds. The number of hydrogen-bond donors (Lipinski definition) is 1. The number of thiophene rings is 1. The van der Waals surface area contributed by atoms with Crippen LogP contribution in [-0.4, -0.2) is 19.8 Å². The minimum atomic E-state index is 0.114. The standard InChI is InChI=1S/C16H21NO2S/c1-12(17)10-13-5-6-14(18-2)11-16(13)19-8-7-15-4-3-9-20-15/h3-6,9,11-12H,7-8,10,17H2,1-2H3. The second kappa shape index (κ2) is 7.31. The van der Waals surface area contributed by atoms with Gasteiger partial charge in [-0.25, -0.2) is 0 Å². The van der Waals surface area contributed by atoms with E-state index in [-0.39, 0.29) is 6.04 Å². The molecule has 0 fully saturated rings. The lowest BCUT2D eigenvalue weighted by atomic mass is 10.1. The first kappa shape index (κ1) is 14.9. The summed E-state index contributed by atoms with van der Waals surface area (Å²) in [5.74, 6) is 1.68. The first-order chi connectivity index (χ1) is 9.69. The monoisotopic (exact) mass is 291 g/mol. The summed E-state index contributed by atoms with van der Waals surface area (Å²) in [4.78, 5) is 1.33. The van der Waals surface area contributed by atoms with Gasteiger partial charge >= 0.3 is 0 Å². The third-order valence-electron chi connectivity index (χ3n) is 3.00. The molecule has 2 N–H and O–H groups in total. The van der Waals surface area contributed by atoms with Gasteiger partial charge in [-0.15, -0.1) is 11.3 Å². The van der Waals surface area contributed by atoms with Crippen LogP contribution in [0.1, 0.15) is 17.4 Å². The highest BCUT2D eigenvalue weighted by Gasteiger charge is 2.08. The Morgan fingerprint density at radius 1 is 1.30 bits per heavy atom. The Kier molecular flexibility index (Phi) is 5.44. The largest absolute Gasteiger partial charge is 0.497 e. The van der Waals surface area contributed by atoms with E-state index in [0.29, 0.717) is 6.61 Å². The highest BCUT2D eigenvalue weighted by atomic mass is 32.1. The van der Waals surface area contributed by atoms with E-state index in [2.05, 4.69) is 17.5 Å². The molecule has 4 heteroatoms. The molecule has 1 unspecified atom stereocenters. The summed E-state index contributed by atoms with van der Waals surface area (Å²) in [6, 6.07) is 10.2. The van der Waals surface area contributed by atoms with Crippen LogP contribution in [0, 0.1) is 0 Å². The fourth-order valence-electron chi connectivity index (χ4n) is 2.03. The van der Waals surface area contributed by atoms with Crippen molar-refractivity contribution in [2.45, 2.75) is 25.8 Å². The van der Waals surface area contributed by atoms with Gasteiger partial charge in [-0.1, -0.05) is 12.1 Å². The fourth-order valence-corrected chi connectivity index (χ4v) is 2.72. The van der Waals surface area contributed by atoms with Crippen molar-refractivity contribution in [3.63, 3.8) is 0 Å². The average Bonchev–Trinajstić information content (AvgIpc) is 2.93. The molecule has 0 aliphatic carbocycles. The molecule has 20 heavy (non-hydrogen) atoms. The van der Waals surface area contributed by atoms with Crippen LogP contribution in [0.2, 0.25) is 0 Å². The van der Waals surface area contributed by atoms with Gasteiger partial charge in [0.05, 0.1) is 13.7 Å². The Hall–Kier alpha value is -1.52. The minimum absolute atomic E-state index is 0.114. The van der Waals surface area contributed by atoms with E-state index in [1.54, 1.807) is 18.4 Å². The van der Waals surface area contributed by atoms with Crippen LogP contribution >= 0.6 is 11.3 Å². The van der Waals surface area contributed by atoms with Gasteiger partial charge in [-0.2, -0.15) is 0 Å². The van der Waals surface area contributed by atoms with Gasteiger partial charge < -0.3 is 15.2 Å². The lowest BCUT2D eigenvalue weighted by Gasteiger charge is -2.14.